The molecule has 24 heavy (non-hydrogen) atoms. The third kappa shape index (κ3) is 4.15. The molecular formula is C14H11ClN2O6S. The summed E-state index contributed by atoms with van der Waals surface area (Å²) < 4.78 is 26.5. The molecule has 0 unspecified atom stereocenters. The molecule has 0 amide bonds. The van der Waals surface area contributed by atoms with Crippen LogP contribution in [0.1, 0.15) is 5.56 Å². The van der Waals surface area contributed by atoms with Crippen LogP contribution in [0, 0.1) is 10.1 Å². The fraction of sp³-hybridized carbons (Fsp3) is 0. The molecule has 126 valence electrons. The quantitative estimate of drug-likeness (QED) is 0.421. The number of rotatable bonds is 5. The minimum absolute atomic E-state index is 0.0264. The van der Waals surface area contributed by atoms with E-state index in [0.29, 0.717) is 5.02 Å². The smallest absolute Gasteiger partial charge is 0.379 e. The van der Waals surface area contributed by atoms with Crippen molar-refractivity contribution in [2.45, 2.75) is 0 Å². The van der Waals surface area contributed by atoms with Crippen molar-refractivity contribution in [1.29, 1.82) is 0 Å². The molecule has 0 atom stereocenters. The summed E-state index contributed by atoms with van der Waals surface area (Å²) in [5, 5.41) is 29.0. The summed E-state index contributed by atoms with van der Waals surface area (Å²) in [5.41, 5.74) is 0.124. The average molecular weight is 371 g/mol. The highest BCUT2D eigenvalue weighted by Gasteiger charge is 2.29. The number of nitrogens with one attached hydrogen (secondary N) is 1. The Kier molecular flexibility index (Phi) is 4.96. The molecule has 0 radical (unpaired) electrons. The van der Waals surface area contributed by atoms with Gasteiger partial charge in [-0.3, -0.25) is 14.8 Å². The van der Waals surface area contributed by atoms with E-state index in [2.05, 4.69) is 4.72 Å². The minimum Gasteiger partial charge on any atom is -0.504 e. The highest BCUT2D eigenvalue weighted by atomic mass is 35.5. The van der Waals surface area contributed by atoms with E-state index in [1.54, 1.807) is 0 Å². The normalized spacial score (nSPS) is 12.0. The molecule has 2 rings (SSSR count). The number of benzene rings is 2. The summed E-state index contributed by atoms with van der Waals surface area (Å²) in [6.07, 6.45) is 0.761. The maximum Gasteiger partial charge on any atom is 0.379 e. The van der Waals surface area contributed by atoms with Gasteiger partial charge in [-0.1, -0.05) is 17.7 Å². The van der Waals surface area contributed by atoms with Gasteiger partial charge in [-0.2, -0.15) is 8.42 Å². The zero-order valence-electron chi connectivity index (χ0n) is 11.9. The van der Waals surface area contributed by atoms with Crippen LogP contribution >= 0.6 is 11.6 Å². The number of phenols is 2. The van der Waals surface area contributed by atoms with E-state index in [1.165, 1.54) is 30.3 Å². The van der Waals surface area contributed by atoms with Gasteiger partial charge in [-0.25, -0.2) is 0 Å². The Morgan fingerprint density at radius 3 is 2.29 bits per heavy atom. The number of phenolic OH excluding ortho intramolecular Hbond substituents is 2. The van der Waals surface area contributed by atoms with Crippen LogP contribution in [0.15, 0.2) is 47.5 Å². The third-order valence-corrected chi connectivity index (χ3v) is 4.42. The topological polar surface area (TPSA) is 130 Å². The van der Waals surface area contributed by atoms with E-state index in [9.17, 15) is 28.7 Å². The first-order valence-electron chi connectivity index (χ1n) is 6.35. The lowest BCUT2D eigenvalue weighted by Crippen LogP contribution is -2.20. The van der Waals surface area contributed by atoms with Crippen LogP contribution in [0.25, 0.3) is 6.08 Å². The van der Waals surface area contributed by atoms with E-state index in [1.807, 2.05) is 0 Å². The number of nitro groups is 1. The van der Waals surface area contributed by atoms with Crippen molar-refractivity contribution >= 4 is 33.4 Å². The summed E-state index contributed by atoms with van der Waals surface area (Å²) in [6, 6.07) is 8.85. The number of hydrogen-bond acceptors (Lipinski definition) is 6. The maximum absolute atomic E-state index is 12.2. The Bertz CT molecular complexity index is 909. The molecule has 0 heterocycles. The van der Waals surface area contributed by atoms with Gasteiger partial charge in [0, 0.05) is 16.8 Å². The molecule has 0 aliphatic carbocycles. The lowest BCUT2D eigenvalue weighted by atomic mass is 10.2. The summed E-state index contributed by atoms with van der Waals surface area (Å²) in [5.74, 6) is -0.966. The van der Waals surface area contributed by atoms with E-state index in [0.717, 1.165) is 18.2 Å². The molecule has 0 fully saturated rings. The third-order valence-electron chi connectivity index (χ3n) is 2.84. The minimum atomic E-state index is -4.48. The van der Waals surface area contributed by atoms with Crippen LogP contribution in [0.4, 0.5) is 5.69 Å². The predicted octanol–water partition coefficient (Wildman–Crippen LogP) is 2.77. The fourth-order valence-electron chi connectivity index (χ4n) is 1.73. The van der Waals surface area contributed by atoms with Gasteiger partial charge in [0.1, 0.15) is 0 Å². The second-order valence-corrected chi connectivity index (χ2v) is 6.67. The first-order chi connectivity index (χ1) is 11.2. The molecule has 10 heteroatoms. The molecule has 0 saturated heterocycles. The van der Waals surface area contributed by atoms with Crippen molar-refractivity contribution < 1.29 is 23.6 Å². The highest BCUT2D eigenvalue weighted by molar-refractivity contribution is 7.96. The van der Waals surface area contributed by atoms with Crippen LogP contribution in [0.3, 0.4) is 0 Å². The van der Waals surface area contributed by atoms with Crippen LogP contribution in [-0.2, 0) is 10.0 Å². The fourth-order valence-corrected chi connectivity index (χ4v) is 2.89. The Balaban J connectivity index is 2.41. The van der Waals surface area contributed by atoms with Gasteiger partial charge in [-0.05, 0) is 42.0 Å². The second kappa shape index (κ2) is 6.77. The van der Waals surface area contributed by atoms with Gasteiger partial charge in [0.25, 0.3) is 0 Å². The van der Waals surface area contributed by atoms with E-state index < -0.39 is 31.5 Å². The lowest BCUT2D eigenvalue weighted by molar-refractivity contribution is -0.410. The van der Waals surface area contributed by atoms with Crippen LogP contribution < -0.4 is 4.72 Å². The standard InChI is InChI=1S/C14H11ClN2O6S/c15-10-2-4-11(5-3-10)16-24(22,23)14(17(20)21)8-9-1-6-12(18)13(19)7-9/h1-8,16,18-19H/b14-8+. The van der Waals surface area contributed by atoms with Gasteiger partial charge in [-0.15, -0.1) is 0 Å². The number of sulfonamides is 1. The molecule has 8 nitrogen and oxygen atoms in total. The molecule has 0 spiro atoms. The lowest BCUT2D eigenvalue weighted by Gasteiger charge is -2.06. The molecule has 0 aliphatic heterocycles. The molecule has 0 aliphatic rings. The van der Waals surface area contributed by atoms with Gasteiger partial charge in [0.15, 0.2) is 11.5 Å². The SMILES string of the molecule is O=[N+]([O-])/C(=C\c1ccc(O)c(O)c1)S(=O)(=O)Nc1ccc(Cl)cc1. The van der Waals surface area contributed by atoms with Crippen LogP contribution in [0.2, 0.25) is 5.02 Å². The van der Waals surface area contributed by atoms with Crippen LogP contribution in [-0.4, -0.2) is 23.6 Å². The van der Waals surface area contributed by atoms with Crippen molar-refractivity contribution in [3.05, 3.63) is 68.2 Å². The largest absolute Gasteiger partial charge is 0.504 e. The van der Waals surface area contributed by atoms with Crippen molar-refractivity contribution in [3.63, 3.8) is 0 Å². The van der Waals surface area contributed by atoms with E-state index in [4.69, 9.17) is 11.6 Å². The first kappa shape index (κ1) is 17.6. The first-order valence-corrected chi connectivity index (χ1v) is 8.21. The molecule has 2 aromatic rings. The van der Waals surface area contributed by atoms with Crippen molar-refractivity contribution in [1.82, 2.24) is 0 Å². The summed E-state index contributed by atoms with van der Waals surface area (Å²) in [4.78, 5) is 10.1. The predicted molar refractivity (Wildman–Crippen MR) is 88.7 cm³/mol. The monoisotopic (exact) mass is 370 g/mol. The Morgan fingerprint density at radius 2 is 1.75 bits per heavy atom. The molecule has 0 bridgehead atoms. The number of aromatic hydroxyl groups is 2. The second-order valence-electron chi connectivity index (χ2n) is 4.60. The number of hydrogen-bond donors (Lipinski definition) is 3. The van der Waals surface area contributed by atoms with Gasteiger partial charge in [0.2, 0.25) is 0 Å². The summed E-state index contributed by atoms with van der Waals surface area (Å²) in [6.45, 7) is 0. The molecule has 2 aromatic carbocycles. The Hall–Kier alpha value is -2.78. The molecule has 0 saturated carbocycles. The average Bonchev–Trinajstić information content (AvgIpc) is 2.50. The van der Waals surface area contributed by atoms with Gasteiger partial charge in [0.05, 0.1) is 4.92 Å². The van der Waals surface area contributed by atoms with E-state index >= 15 is 0 Å². The zero-order valence-corrected chi connectivity index (χ0v) is 13.5. The number of anilines is 1. The van der Waals surface area contributed by atoms with E-state index in [-0.39, 0.29) is 11.3 Å². The Morgan fingerprint density at radius 1 is 1.12 bits per heavy atom. The number of nitrogens with zero attached hydrogens (tertiary/aromatic N) is 1. The van der Waals surface area contributed by atoms with Crippen molar-refractivity contribution in [3.8, 4) is 11.5 Å². The number of halogens is 1. The Labute approximate surface area is 141 Å². The molecular weight excluding hydrogens is 360 g/mol. The van der Waals surface area contributed by atoms with Gasteiger partial charge >= 0.3 is 15.1 Å². The highest BCUT2D eigenvalue weighted by Crippen LogP contribution is 2.27. The van der Waals surface area contributed by atoms with Crippen molar-refractivity contribution in [2.75, 3.05) is 4.72 Å². The molecule has 3 N–H and O–H groups in total. The summed E-state index contributed by atoms with van der Waals surface area (Å²) >= 11 is 5.69. The van der Waals surface area contributed by atoms with Crippen molar-refractivity contribution in [2.24, 2.45) is 0 Å². The van der Waals surface area contributed by atoms with Crippen LogP contribution in [0.5, 0.6) is 11.5 Å². The zero-order chi connectivity index (χ0) is 17.9. The van der Waals surface area contributed by atoms with Gasteiger partial charge < -0.3 is 10.2 Å². The maximum atomic E-state index is 12.2. The molecule has 0 aromatic heterocycles. The summed E-state index contributed by atoms with van der Waals surface area (Å²) in [7, 11) is -4.48.